The molecule has 1 heterocycles. The molecule has 0 spiro atoms. The van der Waals surface area contributed by atoms with Crippen molar-refractivity contribution in [1.82, 2.24) is 5.32 Å². The molecule has 1 aromatic carbocycles. The molecule has 1 N–H and O–H groups in total. The van der Waals surface area contributed by atoms with E-state index in [1.165, 1.54) is 13.2 Å². The fourth-order valence-electron chi connectivity index (χ4n) is 2.36. The van der Waals surface area contributed by atoms with Gasteiger partial charge in [0.2, 0.25) is 0 Å². The number of amides is 1. The number of nitriles is 1. The third-order valence-electron chi connectivity index (χ3n) is 3.62. The summed E-state index contributed by atoms with van der Waals surface area (Å²) in [4.78, 5) is 12.2. The molecule has 1 aliphatic heterocycles. The molecule has 1 amide bonds. The Morgan fingerprint density at radius 2 is 2.30 bits per heavy atom. The predicted octanol–water partition coefficient (Wildman–Crippen LogP) is 1.91. The van der Waals surface area contributed by atoms with E-state index < -0.39 is 5.91 Å². The van der Waals surface area contributed by atoms with Gasteiger partial charge in [-0.25, -0.2) is 0 Å². The summed E-state index contributed by atoms with van der Waals surface area (Å²) in [5.74, 6) is 0.757. The van der Waals surface area contributed by atoms with Crippen molar-refractivity contribution in [2.24, 2.45) is 0 Å². The first-order chi connectivity index (χ1) is 11.2. The highest BCUT2D eigenvalue weighted by Gasteiger charge is 2.18. The summed E-state index contributed by atoms with van der Waals surface area (Å²) in [7, 11) is 3.08. The van der Waals surface area contributed by atoms with E-state index in [0.717, 1.165) is 19.4 Å². The van der Waals surface area contributed by atoms with Crippen LogP contribution in [0.5, 0.6) is 11.5 Å². The second-order valence-electron chi connectivity index (χ2n) is 5.12. The zero-order valence-electron chi connectivity index (χ0n) is 13.3. The van der Waals surface area contributed by atoms with Gasteiger partial charge in [0, 0.05) is 18.7 Å². The first-order valence-corrected chi connectivity index (χ1v) is 7.41. The molecule has 23 heavy (non-hydrogen) atoms. The van der Waals surface area contributed by atoms with Crippen molar-refractivity contribution >= 4 is 12.0 Å². The zero-order chi connectivity index (χ0) is 16.7. The third-order valence-corrected chi connectivity index (χ3v) is 3.62. The Bertz CT molecular complexity index is 628. The van der Waals surface area contributed by atoms with Gasteiger partial charge in [-0.2, -0.15) is 5.26 Å². The van der Waals surface area contributed by atoms with Gasteiger partial charge in [0.05, 0.1) is 20.3 Å². The highest BCUT2D eigenvalue weighted by molar-refractivity contribution is 6.02. The van der Waals surface area contributed by atoms with E-state index in [0.29, 0.717) is 23.6 Å². The highest BCUT2D eigenvalue weighted by atomic mass is 16.5. The van der Waals surface area contributed by atoms with Crippen molar-refractivity contribution in [3.63, 3.8) is 0 Å². The number of ether oxygens (including phenoxy) is 3. The summed E-state index contributed by atoms with van der Waals surface area (Å²) in [5, 5.41) is 12.0. The topological polar surface area (TPSA) is 80.6 Å². The molecule has 122 valence electrons. The van der Waals surface area contributed by atoms with Crippen LogP contribution in [0, 0.1) is 11.3 Å². The Morgan fingerprint density at radius 3 is 2.91 bits per heavy atom. The summed E-state index contributed by atoms with van der Waals surface area (Å²) in [5.41, 5.74) is 0.616. The van der Waals surface area contributed by atoms with E-state index in [4.69, 9.17) is 14.2 Å². The number of carbonyl (C=O) groups is 1. The fourth-order valence-corrected chi connectivity index (χ4v) is 2.36. The van der Waals surface area contributed by atoms with Crippen LogP contribution in [0.3, 0.4) is 0 Å². The maximum absolute atomic E-state index is 12.2. The van der Waals surface area contributed by atoms with Crippen molar-refractivity contribution in [3.8, 4) is 17.6 Å². The Morgan fingerprint density at radius 1 is 1.48 bits per heavy atom. The van der Waals surface area contributed by atoms with Gasteiger partial charge in [-0.05, 0) is 37.1 Å². The van der Waals surface area contributed by atoms with Gasteiger partial charge in [0.25, 0.3) is 5.91 Å². The molecule has 0 saturated carbocycles. The molecule has 1 saturated heterocycles. The van der Waals surface area contributed by atoms with E-state index in [1.54, 1.807) is 25.3 Å². The molecule has 0 aromatic heterocycles. The minimum atomic E-state index is -0.423. The normalized spacial score (nSPS) is 17.4. The Hall–Kier alpha value is -2.52. The van der Waals surface area contributed by atoms with Crippen molar-refractivity contribution < 1.29 is 19.0 Å². The molecule has 1 atom stereocenters. The van der Waals surface area contributed by atoms with E-state index in [2.05, 4.69) is 5.32 Å². The van der Waals surface area contributed by atoms with Gasteiger partial charge in [-0.3, -0.25) is 4.79 Å². The highest BCUT2D eigenvalue weighted by Crippen LogP contribution is 2.26. The number of carbonyl (C=O) groups excluding carboxylic acids is 1. The van der Waals surface area contributed by atoms with Crippen molar-refractivity contribution in [2.45, 2.75) is 18.9 Å². The number of nitrogens with zero attached hydrogens (tertiary/aromatic N) is 1. The average molecular weight is 316 g/mol. The summed E-state index contributed by atoms with van der Waals surface area (Å²) in [6, 6.07) is 7.11. The van der Waals surface area contributed by atoms with Crippen LogP contribution >= 0.6 is 0 Å². The molecular formula is C17H20N2O4. The number of nitrogens with one attached hydrogen (secondary N) is 1. The molecule has 0 bridgehead atoms. The SMILES string of the molecule is COc1ccc(OC)c(/C=C(\C#N)C(=O)NC[C@@H]2CCCO2)c1. The van der Waals surface area contributed by atoms with Crippen LogP contribution in [0.4, 0.5) is 0 Å². The van der Waals surface area contributed by atoms with Crippen LogP contribution in [0.15, 0.2) is 23.8 Å². The van der Waals surface area contributed by atoms with Gasteiger partial charge in [0.15, 0.2) is 0 Å². The lowest BCUT2D eigenvalue weighted by Gasteiger charge is -2.11. The number of rotatable bonds is 6. The second-order valence-corrected chi connectivity index (χ2v) is 5.12. The van der Waals surface area contributed by atoms with E-state index >= 15 is 0 Å². The lowest BCUT2D eigenvalue weighted by molar-refractivity contribution is -0.117. The fraction of sp³-hybridized carbons (Fsp3) is 0.412. The van der Waals surface area contributed by atoms with Gasteiger partial charge in [0.1, 0.15) is 23.1 Å². The van der Waals surface area contributed by atoms with Gasteiger partial charge < -0.3 is 19.5 Å². The largest absolute Gasteiger partial charge is 0.497 e. The first kappa shape index (κ1) is 16.8. The molecule has 0 aliphatic carbocycles. The molecule has 2 rings (SSSR count). The Kier molecular flexibility index (Phi) is 6.01. The van der Waals surface area contributed by atoms with Gasteiger partial charge in [-0.1, -0.05) is 0 Å². The van der Waals surface area contributed by atoms with Gasteiger partial charge >= 0.3 is 0 Å². The molecule has 6 nitrogen and oxygen atoms in total. The molecular weight excluding hydrogens is 296 g/mol. The summed E-state index contributed by atoms with van der Waals surface area (Å²) in [6.07, 6.45) is 3.45. The zero-order valence-corrected chi connectivity index (χ0v) is 13.3. The van der Waals surface area contributed by atoms with Crippen LogP contribution in [0.1, 0.15) is 18.4 Å². The lowest BCUT2D eigenvalue weighted by atomic mass is 10.1. The molecule has 1 aromatic rings. The minimum Gasteiger partial charge on any atom is -0.497 e. The van der Waals surface area contributed by atoms with Crippen LogP contribution in [-0.2, 0) is 9.53 Å². The van der Waals surface area contributed by atoms with Gasteiger partial charge in [-0.15, -0.1) is 0 Å². The Balaban J connectivity index is 2.13. The summed E-state index contributed by atoms with van der Waals surface area (Å²) in [6.45, 7) is 1.13. The van der Waals surface area contributed by atoms with E-state index in [-0.39, 0.29) is 11.7 Å². The number of benzene rings is 1. The molecule has 1 fully saturated rings. The summed E-state index contributed by atoms with van der Waals surface area (Å²) >= 11 is 0. The van der Waals surface area contributed by atoms with E-state index in [1.807, 2.05) is 6.07 Å². The molecule has 0 unspecified atom stereocenters. The smallest absolute Gasteiger partial charge is 0.262 e. The third kappa shape index (κ3) is 4.47. The monoisotopic (exact) mass is 316 g/mol. The quantitative estimate of drug-likeness (QED) is 0.640. The molecule has 6 heteroatoms. The number of hydrogen-bond acceptors (Lipinski definition) is 5. The van der Waals surface area contributed by atoms with Crippen molar-refractivity contribution in [3.05, 3.63) is 29.3 Å². The predicted molar refractivity (Wildman–Crippen MR) is 85.1 cm³/mol. The molecule has 0 radical (unpaired) electrons. The number of hydrogen-bond donors (Lipinski definition) is 1. The summed E-state index contributed by atoms with van der Waals surface area (Å²) < 4.78 is 15.9. The Labute approximate surface area is 135 Å². The van der Waals surface area contributed by atoms with Crippen molar-refractivity contribution in [2.75, 3.05) is 27.4 Å². The van der Waals surface area contributed by atoms with Crippen molar-refractivity contribution in [1.29, 1.82) is 5.26 Å². The van der Waals surface area contributed by atoms with Crippen LogP contribution in [-0.4, -0.2) is 39.4 Å². The van der Waals surface area contributed by atoms with E-state index in [9.17, 15) is 10.1 Å². The minimum absolute atomic E-state index is 0.00884. The van der Waals surface area contributed by atoms with Crippen LogP contribution in [0.25, 0.3) is 6.08 Å². The second kappa shape index (κ2) is 8.20. The van der Waals surface area contributed by atoms with Crippen LogP contribution in [0.2, 0.25) is 0 Å². The maximum Gasteiger partial charge on any atom is 0.262 e. The number of methoxy groups -OCH3 is 2. The maximum atomic E-state index is 12.2. The van der Waals surface area contributed by atoms with Crippen LogP contribution < -0.4 is 14.8 Å². The first-order valence-electron chi connectivity index (χ1n) is 7.41. The average Bonchev–Trinajstić information content (AvgIpc) is 3.10. The lowest BCUT2D eigenvalue weighted by Crippen LogP contribution is -2.32. The standard InChI is InChI=1S/C17H20N2O4/c1-21-14-5-6-16(22-2)12(9-14)8-13(10-18)17(20)19-11-15-4-3-7-23-15/h5-6,8-9,15H,3-4,7,11H2,1-2H3,(H,19,20)/b13-8+/t15-/m0/s1. The molecule has 1 aliphatic rings.